The Morgan fingerprint density at radius 1 is 1.30 bits per heavy atom. The van der Waals surface area contributed by atoms with Crippen LogP contribution in [0.5, 0.6) is 11.5 Å². The van der Waals surface area contributed by atoms with Gasteiger partial charge in [0.15, 0.2) is 21.3 Å². The molecule has 0 aliphatic carbocycles. The van der Waals surface area contributed by atoms with Crippen LogP contribution in [0.3, 0.4) is 0 Å². The van der Waals surface area contributed by atoms with Gasteiger partial charge in [0, 0.05) is 11.8 Å². The first-order chi connectivity index (χ1) is 10.9. The Kier molecular flexibility index (Phi) is 6.17. The molecule has 23 heavy (non-hydrogen) atoms. The van der Waals surface area contributed by atoms with E-state index >= 15 is 0 Å². The molecule has 0 bridgehead atoms. The SMILES string of the molecule is COc1ccc(CNC(=O)CS[C@H]2CCS(=O)(=O)C2)cc1OC. The Balaban J connectivity index is 1.78. The first-order valence-corrected chi connectivity index (χ1v) is 10.1. The van der Waals surface area contributed by atoms with Crippen LogP contribution in [0.2, 0.25) is 0 Å². The summed E-state index contributed by atoms with van der Waals surface area (Å²) in [5.41, 5.74) is 0.907. The van der Waals surface area contributed by atoms with Gasteiger partial charge in [0.25, 0.3) is 0 Å². The van der Waals surface area contributed by atoms with Gasteiger partial charge in [-0.3, -0.25) is 4.79 Å². The zero-order chi connectivity index (χ0) is 16.9. The van der Waals surface area contributed by atoms with Crippen molar-refractivity contribution >= 4 is 27.5 Å². The van der Waals surface area contributed by atoms with Gasteiger partial charge in [0.05, 0.1) is 31.5 Å². The highest BCUT2D eigenvalue weighted by Crippen LogP contribution is 2.27. The van der Waals surface area contributed by atoms with Crippen molar-refractivity contribution in [3.8, 4) is 11.5 Å². The maximum Gasteiger partial charge on any atom is 0.230 e. The molecule has 1 N–H and O–H groups in total. The van der Waals surface area contributed by atoms with Crippen molar-refractivity contribution in [1.29, 1.82) is 0 Å². The molecule has 0 saturated carbocycles. The molecule has 1 amide bonds. The quantitative estimate of drug-likeness (QED) is 0.789. The Labute approximate surface area is 140 Å². The molecule has 1 atom stereocenters. The summed E-state index contributed by atoms with van der Waals surface area (Å²) in [5, 5.41) is 2.86. The summed E-state index contributed by atoms with van der Waals surface area (Å²) in [5.74, 6) is 1.84. The fraction of sp³-hybridized carbons (Fsp3) is 0.533. The van der Waals surface area contributed by atoms with E-state index in [1.54, 1.807) is 20.3 Å². The van der Waals surface area contributed by atoms with Crippen LogP contribution in [-0.4, -0.2) is 51.1 Å². The maximum atomic E-state index is 11.9. The van der Waals surface area contributed by atoms with Crippen molar-refractivity contribution < 1.29 is 22.7 Å². The van der Waals surface area contributed by atoms with Gasteiger partial charge in [-0.05, 0) is 24.1 Å². The second-order valence-corrected chi connectivity index (χ2v) is 8.82. The number of benzene rings is 1. The number of thioether (sulfide) groups is 1. The van der Waals surface area contributed by atoms with Crippen molar-refractivity contribution in [3.63, 3.8) is 0 Å². The summed E-state index contributed by atoms with van der Waals surface area (Å²) in [4.78, 5) is 11.9. The Hall–Kier alpha value is -1.41. The van der Waals surface area contributed by atoms with Gasteiger partial charge in [-0.15, -0.1) is 11.8 Å². The average molecular weight is 359 g/mol. The molecule has 8 heteroatoms. The number of carbonyl (C=O) groups is 1. The van der Waals surface area contributed by atoms with Crippen LogP contribution < -0.4 is 14.8 Å². The number of nitrogens with one attached hydrogen (secondary N) is 1. The fourth-order valence-corrected chi connectivity index (χ4v) is 5.80. The summed E-state index contributed by atoms with van der Waals surface area (Å²) >= 11 is 1.41. The third kappa shape index (κ3) is 5.31. The Morgan fingerprint density at radius 2 is 2.04 bits per heavy atom. The summed E-state index contributed by atoms with van der Waals surface area (Å²) in [6.07, 6.45) is 0.635. The molecule has 1 heterocycles. The molecular weight excluding hydrogens is 338 g/mol. The molecule has 128 valence electrons. The van der Waals surface area contributed by atoms with Crippen molar-refractivity contribution in [2.45, 2.75) is 18.2 Å². The number of methoxy groups -OCH3 is 2. The second kappa shape index (κ2) is 7.92. The number of ether oxygens (including phenoxy) is 2. The van der Waals surface area contributed by atoms with Crippen molar-refractivity contribution in [1.82, 2.24) is 5.32 Å². The minimum Gasteiger partial charge on any atom is -0.493 e. The summed E-state index contributed by atoms with van der Waals surface area (Å²) in [7, 11) is 0.240. The molecule has 1 fully saturated rings. The lowest BCUT2D eigenvalue weighted by atomic mass is 10.2. The maximum absolute atomic E-state index is 11.9. The number of rotatable bonds is 7. The van der Waals surface area contributed by atoms with E-state index < -0.39 is 9.84 Å². The van der Waals surface area contributed by atoms with E-state index in [1.165, 1.54) is 11.8 Å². The molecule has 1 aliphatic rings. The van der Waals surface area contributed by atoms with E-state index in [0.29, 0.717) is 24.5 Å². The molecule has 1 aliphatic heterocycles. The number of sulfone groups is 1. The molecule has 0 radical (unpaired) electrons. The van der Waals surface area contributed by atoms with Crippen LogP contribution in [-0.2, 0) is 21.2 Å². The van der Waals surface area contributed by atoms with Crippen LogP contribution in [0.4, 0.5) is 0 Å². The van der Waals surface area contributed by atoms with Gasteiger partial charge in [-0.25, -0.2) is 8.42 Å². The Bertz CT molecular complexity index is 660. The topological polar surface area (TPSA) is 81.7 Å². The summed E-state index contributed by atoms with van der Waals surface area (Å²) < 4.78 is 33.1. The molecule has 1 saturated heterocycles. The number of carbonyl (C=O) groups excluding carboxylic acids is 1. The van der Waals surface area contributed by atoms with Crippen molar-refractivity contribution in [3.05, 3.63) is 23.8 Å². The monoisotopic (exact) mass is 359 g/mol. The van der Waals surface area contributed by atoms with Gasteiger partial charge in [0.2, 0.25) is 5.91 Å². The molecule has 0 unspecified atom stereocenters. The highest BCUT2D eigenvalue weighted by atomic mass is 32.2. The van der Waals surface area contributed by atoms with E-state index in [1.807, 2.05) is 12.1 Å². The van der Waals surface area contributed by atoms with E-state index in [4.69, 9.17) is 9.47 Å². The molecule has 0 aromatic heterocycles. The summed E-state index contributed by atoms with van der Waals surface area (Å²) in [6.45, 7) is 0.392. The molecule has 2 rings (SSSR count). The molecule has 0 spiro atoms. The van der Waals surface area contributed by atoms with Crippen LogP contribution in [0, 0.1) is 0 Å². The highest BCUT2D eigenvalue weighted by Gasteiger charge is 2.28. The normalized spacial score (nSPS) is 19.3. The molecule has 1 aromatic rings. The number of hydrogen-bond donors (Lipinski definition) is 1. The molecule has 1 aromatic carbocycles. The fourth-order valence-electron chi connectivity index (χ4n) is 2.33. The predicted molar refractivity (Wildman–Crippen MR) is 90.9 cm³/mol. The zero-order valence-corrected chi connectivity index (χ0v) is 14.8. The van der Waals surface area contributed by atoms with E-state index in [0.717, 1.165) is 5.56 Å². The van der Waals surface area contributed by atoms with Gasteiger partial charge in [-0.2, -0.15) is 0 Å². The molecule has 6 nitrogen and oxygen atoms in total. The zero-order valence-electron chi connectivity index (χ0n) is 13.2. The van der Waals surface area contributed by atoms with E-state index in [9.17, 15) is 13.2 Å². The summed E-state index contributed by atoms with van der Waals surface area (Å²) in [6, 6.07) is 5.46. The number of amides is 1. The predicted octanol–water partition coefficient (Wildman–Crippen LogP) is 1.24. The van der Waals surface area contributed by atoms with Crippen molar-refractivity contribution in [2.24, 2.45) is 0 Å². The van der Waals surface area contributed by atoms with Gasteiger partial charge < -0.3 is 14.8 Å². The first-order valence-electron chi connectivity index (χ1n) is 7.23. The van der Waals surface area contributed by atoms with Crippen molar-refractivity contribution in [2.75, 3.05) is 31.5 Å². The second-order valence-electron chi connectivity index (χ2n) is 5.30. The van der Waals surface area contributed by atoms with Crippen LogP contribution >= 0.6 is 11.8 Å². The average Bonchev–Trinajstić information content (AvgIpc) is 2.89. The van der Waals surface area contributed by atoms with Crippen LogP contribution in [0.1, 0.15) is 12.0 Å². The van der Waals surface area contributed by atoms with E-state index in [-0.39, 0.29) is 28.4 Å². The smallest absolute Gasteiger partial charge is 0.230 e. The standard InChI is InChI=1S/C15H21NO5S2/c1-20-13-4-3-11(7-14(13)21-2)8-16-15(17)9-22-12-5-6-23(18,19)10-12/h3-4,7,12H,5-6,8-10H2,1-2H3,(H,16,17)/t12-/m0/s1. The van der Waals surface area contributed by atoms with Gasteiger partial charge in [0.1, 0.15) is 0 Å². The van der Waals surface area contributed by atoms with E-state index in [2.05, 4.69) is 5.32 Å². The highest BCUT2D eigenvalue weighted by molar-refractivity contribution is 8.02. The lowest BCUT2D eigenvalue weighted by Gasteiger charge is -2.11. The third-order valence-corrected chi connectivity index (χ3v) is 6.86. The minimum atomic E-state index is -2.89. The lowest BCUT2D eigenvalue weighted by molar-refractivity contribution is -0.118. The minimum absolute atomic E-state index is 0.0341. The third-order valence-electron chi connectivity index (χ3n) is 3.58. The number of hydrogen-bond acceptors (Lipinski definition) is 6. The van der Waals surface area contributed by atoms with Gasteiger partial charge >= 0.3 is 0 Å². The lowest BCUT2D eigenvalue weighted by Crippen LogP contribution is -2.25. The van der Waals surface area contributed by atoms with Gasteiger partial charge in [-0.1, -0.05) is 6.07 Å². The Morgan fingerprint density at radius 3 is 2.65 bits per heavy atom. The molecular formula is C15H21NO5S2. The van der Waals surface area contributed by atoms with Crippen LogP contribution in [0.25, 0.3) is 0 Å². The largest absolute Gasteiger partial charge is 0.493 e. The first kappa shape index (κ1) is 17.9. The van der Waals surface area contributed by atoms with Crippen LogP contribution in [0.15, 0.2) is 18.2 Å².